The van der Waals surface area contributed by atoms with Crippen molar-refractivity contribution < 1.29 is 9.59 Å². The number of urea groups is 1. The molecule has 7 nitrogen and oxygen atoms in total. The number of nitrogens with one attached hydrogen (secondary N) is 1. The first kappa shape index (κ1) is 16.2. The summed E-state index contributed by atoms with van der Waals surface area (Å²) in [4.78, 5) is 26.2. The molecule has 0 unspecified atom stereocenters. The Bertz CT molecular complexity index is 922. The number of primary amides is 1. The van der Waals surface area contributed by atoms with Gasteiger partial charge in [-0.1, -0.05) is 12.1 Å². The molecule has 1 fully saturated rings. The summed E-state index contributed by atoms with van der Waals surface area (Å²) in [5, 5.41) is 12.4. The summed E-state index contributed by atoms with van der Waals surface area (Å²) >= 11 is 0. The average molecular weight is 348 g/mol. The summed E-state index contributed by atoms with van der Waals surface area (Å²) in [5.41, 5.74) is 8.48. The molecule has 1 radical (unpaired) electrons. The van der Waals surface area contributed by atoms with Crippen LogP contribution in [-0.4, -0.2) is 28.0 Å². The van der Waals surface area contributed by atoms with Crippen LogP contribution < -0.4 is 11.1 Å². The molecule has 3 amide bonds. The molecule has 1 aliphatic heterocycles. The molecule has 0 atom stereocenters. The van der Waals surface area contributed by atoms with Crippen LogP contribution in [0, 0.1) is 17.4 Å². The number of rotatable bonds is 3. The molecule has 0 bridgehead atoms. The minimum atomic E-state index is -0.613. The number of nitrogens with zero attached hydrogens (tertiary/aromatic N) is 3. The number of benzene rings is 1. The van der Waals surface area contributed by atoms with Gasteiger partial charge in [0.05, 0.1) is 23.4 Å². The zero-order valence-electron chi connectivity index (χ0n) is 14.2. The first-order chi connectivity index (χ1) is 12.6. The molecule has 3 N–H and O–H groups in total. The van der Waals surface area contributed by atoms with Gasteiger partial charge in [-0.3, -0.25) is 4.79 Å². The number of amides is 3. The Hall–Kier alpha value is -3.27. The first-order valence-electron chi connectivity index (χ1n) is 8.57. The fourth-order valence-electron chi connectivity index (χ4n) is 3.59. The van der Waals surface area contributed by atoms with E-state index in [0.29, 0.717) is 36.0 Å². The van der Waals surface area contributed by atoms with Crippen molar-refractivity contribution in [2.75, 3.05) is 11.9 Å². The summed E-state index contributed by atoms with van der Waals surface area (Å²) in [6, 6.07) is 11.8. The van der Waals surface area contributed by atoms with Gasteiger partial charge >= 0.3 is 6.03 Å². The van der Waals surface area contributed by atoms with Gasteiger partial charge < -0.3 is 20.5 Å². The lowest BCUT2D eigenvalue weighted by Gasteiger charge is -2.30. The molecule has 4 rings (SSSR count). The zero-order chi connectivity index (χ0) is 18.3. The fraction of sp³-hybridized carbons (Fsp3) is 0.316. The molecule has 1 saturated carbocycles. The van der Waals surface area contributed by atoms with Crippen molar-refractivity contribution in [2.45, 2.75) is 31.8 Å². The molecule has 0 saturated heterocycles. The normalized spacial score (nSPS) is 15.9. The highest BCUT2D eigenvalue weighted by molar-refractivity contribution is 5.98. The van der Waals surface area contributed by atoms with Crippen molar-refractivity contribution in [3.05, 3.63) is 52.8 Å². The van der Waals surface area contributed by atoms with Gasteiger partial charge in [-0.15, -0.1) is 0 Å². The van der Waals surface area contributed by atoms with E-state index < -0.39 is 5.91 Å². The number of anilines is 1. The van der Waals surface area contributed by atoms with Crippen molar-refractivity contribution in [2.24, 2.45) is 5.73 Å². The Balaban J connectivity index is 1.65. The second-order valence-electron chi connectivity index (χ2n) is 6.62. The summed E-state index contributed by atoms with van der Waals surface area (Å²) in [6.45, 7) is 1.32. The molecule has 2 aromatic rings. The summed E-state index contributed by atoms with van der Waals surface area (Å²) < 4.78 is 2.03. The highest BCUT2D eigenvalue weighted by Gasteiger charge is 2.37. The van der Waals surface area contributed by atoms with E-state index >= 15 is 0 Å². The molecule has 7 heteroatoms. The lowest BCUT2D eigenvalue weighted by Crippen LogP contribution is -2.41. The number of nitrogens with two attached hydrogens (primary N) is 1. The number of aromatic nitrogens is 1. The highest BCUT2D eigenvalue weighted by atomic mass is 16.2. The van der Waals surface area contributed by atoms with Crippen molar-refractivity contribution in [1.29, 1.82) is 5.26 Å². The zero-order valence-corrected chi connectivity index (χ0v) is 14.2. The third-order valence-corrected chi connectivity index (χ3v) is 4.92. The molecule has 1 aliphatic carbocycles. The number of hydrogen-bond donors (Lipinski definition) is 2. The van der Waals surface area contributed by atoms with Crippen molar-refractivity contribution in [3.8, 4) is 6.07 Å². The maximum Gasteiger partial charge on any atom is 0.322 e. The monoisotopic (exact) mass is 348 g/mol. The molecule has 0 spiro atoms. The fourth-order valence-corrected chi connectivity index (χ4v) is 3.59. The SMILES string of the molecule is N#Cc1c(C(N)=O)c2n(c1C1CC1)CCN(C(=O)Nc1cc[c]cc1)C2. The van der Waals surface area contributed by atoms with E-state index in [0.717, 1.165) is 18.5 Å². The summed E-state index contributed by atoms with van der Waals surface area (Å²) in [6.07, 6.45) is 2.04. The second-order valence-corrected chi connectivity index (χ2v) is 6.62. The molecule has 26 heavy (non-hydrogen) atoms. The second kappa shape index (κ2) is 6.23. The molecular weight excluding hydrogens is 330 g/mol. The Morgan fingerprint density at radius 2 is 2.00 bits per heavy atom. The van der Waals surface area contributed by atoms with Gasteiger partial charge in [0.15, 0.2) is 0 Å². The van der Waals surface area contributed by atoms with E-state index in [4.69, 9.17) is 5.73 Å². The maximum atomic E-state index is 12.6. The summed E-state index contributed by atoms with van der Waals surface area (Å²) in [5.74, 6) is -0.296. The van der Waals surface area contributed by atoms with Crippen LogP contribution in [0.3, 0.4) is 0 Å². The van der Waals surface area contributed by atoms with Crippen LogP contribution in [0.25, 0.3) is 0 Å². The maximum absolute atomic E-state index is 12.6. The van der Waals surface area contributed by atoms with Gasteiger partial charge in [-0.25, -0.2) is 4.79 Å². The number of fused-ring (bicyclic) bond motifs is 1. The minimum Gasteiger partial charge on any atom is -0.366 e. The number of nitriles is 1. The minimum absolute atomic E-state index is 0.245. The standard InChI is InChI=1S/C19H18N5O2/c20-10-14-16(18(21)25)15-11-23(8-9-24(15)17(14)12-6-7-12)19(26)22-13-4-2-1-3-5-13/h2-5,12H,6-9,11H2,(H2,21,25)(H,22,26). The predicted molar refractivity (Wildman–Crippen MR) is 94.3 cm³/mol. The van der Waals surface area contributed by atoms with Gasteiger partial charge in [-0.2, -0.15) is 5.26 Å². The van der Waals surface area contributed by atoms with E-state index in [1.54, 1.807) is 29.2 Å². The Morgan fingerprint density at radius 1 is 1.27 bits per heavy atom. The summed E-state index contributed by atoms with van der Waals surface area (Å²) in [7, 11) is 0. The van der Waals surface area contributed by atoms with E-state index in [9.17, 15) is 14.9 Å². The van der Waals surface area contributed by atoms with Gasteiger partial charge in [0.25, 0.3) is 5.91 Å². The molecule has 1 aromatic heterocycles. The smallest absolute Gasteiger partial charge is 0.322 e. The van der Waals surface area contributed by atoms with Crippen LogP contribution in [0.1, 0.15) is 46.1 Å². The van der Waals surface area contributed by atoms with E-state index in [-0.39, 0.29) is 18.1 Å². The lowest BCUT2D eigenvalue weighted by molar-refractivity contribution is 0.0997. The number of carbonyl (C=O) groups excluding carboxylic acids is 2. The van der Waals surface area contributed by atoms with Crippen LogP contribution in [-0.2, 0) is 13.1 Å². The van der Waals surface area contributed by atoms with Crippen molar-refractivity contribution >= 4 is 17.6 Å². The topological polar surface area (TPSA) is 104 Å². The molecular formula is C19H18N5O2. The van der Waals surface area contributed by atoms with Crippen molar-refractivity contribution in [1.82, 2.24) is 9.47 Å². The third-order valence-electron chi connectivity index (χ3n) is 4.92. The molecule has 131 valence electrons. The van der Waals surface area contributed by atoms with E-state index in [1.807, 2.05) is 4.57 Å². The largest absolute Gasteiger partial charge is 0.366 e. The average Bonchev–Trinajstić information content (AvgIpc) is 3.42. The third kappa shape index (κ3) is 2.69. The molecule has 2 heterocycles. The van der Waals surface area contributed by atoms with Crippen molar-refractivity contribution in [3.63, 3.8) is 0 Å². The van der Waals surface area contributed by atoms with Crippen LogP contribution in [0.2, 0.25) is 0 Å². The van der Waals surface area contributed by atoms with Crippen LogP contribution in [0.5, 0.6) is 0 Å². The molecule has 2 aliphatic rings. The Kier molecular flexibility index (Phi) is 3.88. The van der Waals surface area contributed by atoms with Crippen LogP contribution in [0.15, 0.2) is 24.3 Å². The number of carbonyl (C=O) groups is 2. The van der Waals surface area contributed by atoms with Gasteiger partial charge in [0.1, 0.15) is 6.07 Å². The van der Waals surface area contributed by atoms with Gasteiger partial charge in [0.2, 0.25) is 0 Å². The molecule has 1 aromatic carbocycles. The van der Waals surface area contributed by atoms with E-state index in [1.165, 1.54) is 0 Å². The highest BCUT2D eigenvalue weighted by Crippen LogP contribution is 2.44. The van der Waals surface area contributed by atoms with Crippen LogP contribution in [0.4, 0.5) is 10.5 Å². The Labute approximate surface area is 151 Å². The Morgan fingerprint density at radius 3 is 2.62 bits per heavy atom. The number of hydrogen-bond acceptors (Lipinski definition) is 3. The first-order valence-corrected chi connectivity index (χ1v) is 8.57. The van der Waals surface area contributed by atoms with E-state index in [2.05, 4.69) is 17.5 Å². The van der Waals surface area contributed by atoms with Gasteiger partial charge in [-0.05, 0) is 31.0 Å². The van der Waals surface area contributed by atoms with Crippen LogP contribution >= 0.6 is 0 Å². The lowest BCUT2D eigenvalue weighted by atomic mass is 10.1. The quantitative estimate of drug-likeness (QED) is 0.888. The van der Waals surface area contributed by atoms with Gasteiger partial charge in [0, 0.05) is 30.4 Å². The predicted octanol–water partition coefficient (Wildman–Crippen LogP) is 2.18.